The van der Waals surface area contributed by atoms with E-state index in [2.05, 4.69) is 6.92 Å². The Bertz CT molecular complexity index is 299. The highest BCUT2D eigenvalue weighted by Gasteiger charge is 2.17. The van der Waals surface area contributed by atoms with Gasteiger partial charge in [0, 0.05) is 0 Å². The fourth-order valence-corrected chi connectivity index (χ4v) is 2.26. The summed E-state index contributed by atoms with van der Waals surface area (Å²) in [6, 6.07) is 0. The van der Waals surface area contributed by atoms with E-state index in [1.807, 2.05) is 20.8 Å². The smallest absolute Gasteiger partial charge is 0.306 e. The van der Waals surface area contributed by atoms with Gasteiger partial charge in [-0.05, 0) is 18.8 Å². The molecule has 22 heavy (non-hydrogen) atoms. The van der Waals surface area contributed by atoms with Gasteiger partial charge in [0.15, 0.2) is 0 Å². The average molecular weight is 314 g/mol. The molecule has 0 amide bonds. The highest BCUT2D eigenvalue weighted by atomic mass is 16.5. The van der Waals surface area contributed by atoms with E-state index in [0.29, 0.717) is 12.5 Å². The van der Waals surface area contributed by atoms with Crippen molar-refractivity contribution in [2.75, 3.05) is 6.61 Å². The zero-order valence-corrected chi connectivity index (χ0v) is 14.9. The molecule has 0 aliphatic carbocycles. The van der Waals surface area contributed by atoms with Gasteiger partial charge in [0.25, 0.3) is 0 Å². The first-order valence-electron chi connectivity index (χ1n) is 8.86. The monoisotopic (exact) mass is 314 g/mol. The molecule has 0 saturated carbocycles. The molecule has 0 spiro atoms. The molecule has 0 aliphatic heterocycles. The van der Waals surface area contributed by atoms with Crippen LogP contribution in [0.1, 0.15) is 85.5 Å². The standard InChI is InChI=1S/C18H34O4/c1-5-7-8-9-10-11-14-21-17(19)12-13-18(20)22-16(6-2)15(3)4/h15-16H,5-14H2,1-4H3. The van der Waals surface area contributed by atoms with Crippen LogP contribution in [0.3, 0.4) is 0 Å². The highest BCUT2D eigenvalue weighted by Crippen LogP contribution is 2.12. The molecular formula is C18H34O4. The van der Waals surface area contributed by atoms with Crippen molar-refractivity contribution in [2.45, 2.75) is 91.6 Å². The minimum absolute atomic E-state index is 0.0633. The number of ether oxygens (including phenoxy) is 2. The van der Waals surface area contributed by atoms with E-state index in [1.165, 1.54) is 25.7 Å². The van der Waals surface area contributed by atoms with Crippen LogP contribution in [0.5, 0.6) is 0 Å². The van der Waals surface area contributed by atoms with E-state index < -0.39 is 0 Å². The number of esters is 2. The second-order valence-electron chi connectivity index (χ2n) is 6.17. The lowest BCUT2D eigenvalue weighted by Gasteiger charge is -2.19. The van der Waals surface area contributed by atoms with E-state index in [1.54, 1.807) is 0 Å². The van der Waals surface area contributed by atoms with Crippen molar-refractivity contribution in [2.24, 2.45) is 5.92 Å². The quantitative estimate of drug-likeness (QED) is 0.367. The van der Waals surface area contributed by atoms with E-state index in [9.17, 15) is 9.59 Å². The number of carbonyl (C=O) groups excluding carboxylic acids is 2. The van der Waals surface area contributed by atoms with E-state index in [0.717, 1.165) is 19.3 Å². The molecular weight excluding hydrogens is 280 g/mol. The van der Waals surface area contributed by atoms with Gasteiger partial charge in [-0.2, -0.15) is 0 Å². The van der Waals surface area contributed by atoms with Crippen LogP contribution in [0.4, 0.5) is 0 Å². The van der Waals surface area contributed by atoms with Gasteiger partial charge in [-0.3, -0.25) is 9.59 Å². The topological polar surface area (TPSA) is 52.6 Å². The number of rotatable bonds is 13. The van der Waals surface area contributed by atoms with Gasteiger partial charge in [0.05, 0.1) is 19.4 Å². The minimum atomic E-state index is -0.308. The largest absolute Gasteiger partial charge is 0.466 e. The first-order chi connectivity index (χ1) is 10.5. The fraction of sp³-hybridized carbons (Fsp3) is 0.889. The second-order valence-corrected chi connectivity index (χ2v) is 6.17. The lowest BCUT2D eigenvalue weighted by Crippen LogP contribution is -2.23. The lowest BCUT2D eigenvalue weighted by atomic mass is 10.1. The predicted molar refractivity (Wildman–Crippen MR) is 88.6 cm³/mol. The molecule has 0 heterocycles. The normalized spacial score (nSPS) is 12.2. The molecule has 0 aromatic carbocycles. The summed E-state index contributed by atoms with van der Waals surface area (Å²) in [7, 11) is 0. The Morgan fingerprint density at radius 1 is 0.864 bits per heavy atom. The third-order valence-electron chi connectivity index (χ3n) is 3.72. The van der Waals surface area contributed by atoms with Crippen LogP contribution < -0.4 is 0 Å². The second kappa shape index (κ2) is 13.6. The van der Waals surface area contributed by atoms with Crippen molar-refractivity contribution >= 4 is 11.9 Å². The maximum absolute atomic E-state index is 11.7. The Morgan fingerprint density at radius 3 is 2.05 bits per heavy atom. The third kappa shape index (κ3) is 11.6. The van der Waals surface area contributed by atoms with E-state index in [-0.39, 0.29) is 30.9 Å². The fourth-order valence-electron chi connectivity index (χ4n) is 2.26. The molecule has 4 nitrogen and oxygen atoms in total. The van der Waals surface area contributed by atoms with Crippen molar-refractivity contribution in [3.05, 3.63) is 0 Å². The Hall–Kier alpha value is -1.06. The number of carbonyl (C=O) groups is 2. The number of unbranched alkanes of at least 4 members (excludes halogenated alkanes) is 5. The van der Waals surface area contributed by atoms with Crippen LogP contribution >= 0.6 is 0 Å². The van der Waals surface area contributed by atoms with E-state index in [4.69, 9.17) is 9.47 Å². The summed E-state index contributed by atoms with van der Waals surface area (Å²) in [6.07, 6.45) is 7.93. The predicted octanol–water partition coefficient (Wildman–Crippen LogP) is 4.65. The molecule has 130 valence electrons. The Balaban J connectivity index is 3.61. The van der Waals surface area contributed by atoms with Crippen molar-refractivity contribution in [1.82, 2.24) is 0 Å². The Labute approximate surface area is 135 Å². The molecule has 0 saturated heterocycles. The summed E-state index contributed by atoms with van der Waals surface area (Å²) in [6.45, 7) is 8.69. The molecule has 1 unspecified atom stereocenters. The van der Waals surface area contributed by atoms with Crippen molar-refractivity contribution in [3.63, 3.8) is 0 Å². The molecule has 0 fully saturated rings. The summed E-state index contributed by atoms with van der Waals surface area (Å²) in [4.78, 5) is 23.2. The average Bonchev–Trinajstić information content (AvgIpc) is 2.49. The van der Waals surface area contributed by atoms with Gasteiger partial charge >= 0.3 is 11.9 Å². The zero-order valence-electron chi connectivity index (χ0n) is 14.9. The zero-order chi connectivity index (χ0) is 16.8. The van der Waals surface area contributed by atoms with Gasteiger partial charge in [0.2, 0.25) is 0 Å². The summed E-state index contributed by atoms with van der Waals surface area (Å²) >= 11 is 0. The molecule has 1 atom stereocenters. The molecule has 0 rings (SSSR count). The summed E-state index contributed by atoms with van der Waals surface area (Å²) in [5, 5.41) is 0. The van der Waals surface area contributed by atoms with Gasteiger partial charge in [-0.25, -0.2) is 0 Å². The molecule has 0 aliphatic rings. The first-order valence-corrected chi connectivity index (χ1v) is 8.86. The molecule has 0 bridgehead atoms. The molecule has 0 N–H and O–H groups in total. The van der Waals surface area contributed by atoms with Crippen molar-refractivity contribution in [3.8, 4) is 0 Å². The minimum Gasteiger partial charge on any atom is -0.466 e. The highest BCUT2D eigenvalue weighted by molar-refractivity contribution is 5.77. The van der Waals surface area contributed by atoms with Gasteiger partial charge in [0.1, 0.15) is 6.10 Å². The van der Waals surface area contributed by atoms with Crippen LogP contribution in [-0.4, -0.2) is 24.6 Å². The molecule has 0 aromatic heterocycles. The van der Waals surface area contributed by atoms with Crippen LogP contribution in [0.15, 0.2) is 0 Å². The summed E-state index contributed by atoms with van der Waals surface area (Å²) < 4.78 is 10.5. The van der Waals surface area contributed by atoms with Crippen LogP contribution in [0.25, 0.3) is 0 Å². The maximum Gasteiger partial charge on any atom is 0.306 e. The molecule has 4 heteroatoms. The summed E-state index contributed by atoms with van der Waals surface area (Å²) in [5.74, 6) is -0.311. The first kappa shape index (κ1) is 20.9. The van der Waals surface area contributed by atoms with Crippen molar-refractivity contribution in [1.29, 1.82) is 0 Å². The maximum atomic E-state index is 11.7. The van der Waals surface area contributed by atoms with Crippen LogP contribution in [-0.2, 0) is 19.1 Å². The van der Waals surface area contributed by atoms with Crippen molar-refractivity contribution < 1.29 is 19.1 Å². The third-order valence-corrected chi connectivity index (χ3v) is 3.72. The number of hydrogen-bond acceptors (Lipinski definition) is 4. The number of hydrogen-bond donors (Lipinski definition) is 0. The molecule has 0 radical (unpaired) electrons. The van der Waals surface area contributed by atoms with Gasteiger partial charge in [-0.15, -0.1) is 0 Å². The van der Waals surface area contributed by atoms with Gasteiger partial charge < -0.3 is 9.47 Å². The van der Waals surface area contributed by atoms with Crippen LogP contribution in [0.2, 0.25) is 0 Å². The molecule has 0 aromatic rings. The Kier molecular flexibility index (Phi) is 12.9. The lowest BCUT2D eigenvalue weighted by molar-refractivity contribution is -0.155. The van der Waals surface area contributed by atoms with E-state index >= 15 is 0 Å². The Morgan fingerprint density at radius 2 is 1.45 bits per heavy atom. The SMILES string of the molecule is CCCCCCCCOC(=O)CCC(=O)OC(CC)C(C)C. The van der Waals surface area contributed by atoms with Crippen LogP contribution in [0, 0.1) is 5.92 Å². The summed E-state index contributed by atoms with van der Waals surface area (Å²) in [5.41, 5.74) is 0. The van der Waals surface area contributed by atoms with Gasteiger partial charge in [-0.1, -0.05) is 59.8 Å².